The number of methoxy groups -OCH3 is 1. The van der Waals surface area contributed by atoms with Crippen LogP contribution in [0.3, 0.4) is 0 Å². The van der Waals surface area contributed by atoms with E-state index in [4.69, 9.17) is 5.73 Å². The molecule has 0 aliphatic carbocycles. The van der Waals surface area contributed by atoms with Gasteiger partial charge >= 0.3 is 5.97 Å². The highest BCUT2D eigenvalue weighted by Gasteiger charge is 2.20. The molecule has 88 valence electrons. The number of anilines is 1. The van der Waals surface area contributed by atoms with Crippen molar-refractivity contribution in [2.24, 2.45) is 0 Å². The van der Waals surface area contributed by atoms with Gasteiger partial charge in [0.1, 0.15) is 11.6 Å². The van der Waals surface area contributed by atoms with Gasteiger partial charge in [0.25, 0.3) is 0 Å². The monoisotopic (exact) mass is 233 g/mol. The Morgan fingerprint density at radius 3 is 2.82 bits per heavy atom. The van der Waals surface area contributed by atoms with Crippen LogP contribution in [0.15, 0.2) is 18.6 Å². The number of aryl methyl sites for hydroxylation is 1. The Morgan fingerprint density at radius 2 is 2.24 bits per heavy atom. The highest BCUT2D eigenvalue weighted by atomic mass is 16.5. The Bertz CT molecular complexity index is 549. The first-order chi connectivity index (χ1) is 8.15. The Hall–Kier alpha value is -2.44. The van der Waals surface area contributed by atoms with Crippen LogP contribution in [0.25, 0.3) is 5.82 Å². The van der Waals surface area contributed by atoms with Crippen molar-refractivity contribution >= 4 is 11.8 Å². The molecule has 7 heteroatoms. The molecular weight excluding hydrogens is 222 g/mol. The molecule has 0 spiro atoms. The number of aromatic nitrogens is 4. The van der Waals surface area contributed by atoms with E-state index in [1.54, 1.807) is 17.7 Å². The lowest BCUT2D eigenvalue weighted by Gasteiger charge is -2.04. The number of nitrogens with zero attached hydrogens (tertiary/aromatic N) is 4. The number of nitrogen functional groups attached to an aromatic ring is 1. The highest BCUT2D eigenvalue weighted by Crippen LogP contribution is 2.18. The van der Waals surface area contributed by atoms with Gasteiger partial charge in [-0.15, -0.1) is 0 Å². The van der Waals surface area contributed by atoms with Gasteiger partial charge < -0.3 is 10.5 Å². The van der Waals surface area contributed by atoms with Gasteiger partial charge in [0.2, 0.25) is 0 Å². The fraction of sp³-hybridized carbons (Fsp3) is 0.200. The average molecular weight is 233 g/mol. The van der Waals surface area contributed by atoms with Crippen LogP contribution in [0, 0.1) is 6.92 Å². The van der Waals surface area contributed by atoms with Crippen LogP contribution < -0.4 is 5.73 Å². The molecule has 0 saturated carbocycles. The van der Waals surface area contributed by atoms with E-state index in [-0.39, 0.29) is 11.5 Å². The van der Waals surface area contributed by atoms with Crippen molar-refractivity contribution in [3.63, 3.8) is 0 Å². The van der Waals surface area contributed by atoms with Crippen LogP contribution in [0.4, 0.5) is 5.82 Å². The summed E-state index contributed by atoms with van der Waals surface area (Å²) in [7, 11) is 1.28. The van der Waals surface area contributed by atoms with Crippen LogP contribution in [-0.4, -0.2) is 32.6 Å². The van der Waals surface area contributed by atoms with Crippen molar-refractivity contribution < 1.29 is 9.53 Å². The lowest BCUT2D eigenvalue weighted by molar-refractivity contribution is 0.0596. The van der Waals surface area contributed by atoms with Gasteiger partial charge in [-0.1, -0.05) is 0 Å². The molecule has 0 saturated heterocycles. The van der Waals surface area contributed by atoms with E-state index in [0.29, 0.717) is 11.6 Å². The molecule has 0 aliphatic rings. The summed E-state index contributed by atoms with van der Waals surface area (Å²) in [6.07, 6.45) is 4.62. The summed E-state index contributed by atoms with van der Waals surface area (Å²) in [6, 6.07) is 0. The smallest absolute Gasteiger partial charge is 0.360 e. The molecular formula is C10H11N5O2. The first-order valence-corrected chi connectivity index (χ1v) is 4.84. The van der Waals surface area contributed by atoms with Crippen LogP contribution >= 0.6 is 0 Å². The number of carbonyl (C=O) groups is 1. The molecule has 0 radical (unpaired) electrons. The minimum absolute atomic E-state index is 0.0793. The maximum atomic E-state index is 11.4. The van der Waals surface area contributed by atoms with E-state index in [0.717, 1.165) is 0 Å². The van der Waals surface area contributed by atoms with E-state index in [9.17, 15) is 4.79 Å². The zero-order valence-corrected chi connectivity index (χ0v) is 9.41. The third-order valence-corrected chi connectivity index (χ3v) is 2.24. The van der Waals surface area contributed by atoms with E-state index in [1.807, 2.05) is 0 Å². The molecule has 0 bridgehead atoms. The summed E-state index contributed by atoms with van der Waals surface area (Å²) < 4.78 is 6.13. The second kappa shape index (κ2) is 4.20. The summed E-state index contributed by atoms with van der Waals surface area (Å²) in [6.45, 7) is 1.72. The van der Waals surface area contributed by atoms with Crippen molar-refractivity contribution in [2.45, 2.75) is 6.92 Å². The first-order valence-electron chi connectivity index (χ1n) is 4.84. The van der Waals surface area contributed by atoms with E-state index in [2.05, 4.69) is 19.7 Å². The molecule has 0 atom stereocenters. The summed E-state index contributed by atoms with van der Waals surface area (Å²) in [5.74, 6) is 0.664. The molecule has 2 N–H and O–H groups in total. The summed E-state index contributed by atoms with van der Waals surface area (Å²) in [4.78, 5) is 23.5. The minimum atomic E-state index is -0.576. The van der Waals surface area contributed by atoms with Gasteiger partial charge in [-0.05, 0) is 6.92 Å². The normalized spacial score (nSPS) is 10.2. The molecule has 17 heavy (non-hydrogen) atoms. The van der Waals surface area contributed by atoms with Gasteiger partial charge in [-0.3, -0.25) is 9.55 Å². The zero-order chi connectivity index (χ0) is 12.4. The van der Waals surface area contributed by atoms with Crippen molar-refractivity contribution in [1.29, 1.82) is 0 Å². The van der Waals surface area contributed by atoms with Crippen molar-refractivity contribution in [3.8, 4) is 5.82 Å². The number of imidazole rings is 1. The number of rotatable bonds is 2. The Kier molecular flexibility index (Phi) is 2.73. The fourth-order valence-electron chi connectivity index (χ4n) is 1.49. The largest absolute Gasteiger partial charge is 0.464 e. The standard InChI is InChI=1S/C10H11N5O2/c1-6-14-8(10(16)17-2)9(11)15(6)7-5-12-3-4-13-7/h3-5H,11H2,1-2H3. The predicted octanol–water partition coefficient (Wildman–Crippen LogP) is 0.340. The maximum Gasteiger partial charge on any atom is 0.360 e. The number of hydrogen-bond acceptors (Lipinski definition) is 6. The van der Waals surface area contributed by atoms with Gasteiger partial charge in [0.05, 0.1) is 13.3 Å². The van der Waals surface area contributed by atoms with Gasteiger partial charge in [-0.25, -0.2) is 14.8 Å². The number of carbonyl (C=O) groups excluding carboxylic acids is 1. The first kappa shape index (κ1) is 11.1. The topological polar surface area (TPSA) is 95.9 Å². The summed E-state index contributed by atoms with van der Waals surface area (Å²) >= 11 is 0. The molecule has 2 aromatic heterocycles. The Balaban J connectivity index is 2.57. The number of esters is 1. The van der Waals surface area contributed by atoms with Crippen LogP contribution in [0.2, 0.25) is 0 Å². The van der Waals surface area contributed by atoms with Gasteiger partial charge in [-0.2, -0.15) is 0 Å². The number of hydrogen-bond donors (Lipinski definition) is 1. The average Bonchev–Trinajstić information content (AvgIpc) is 2.65. The molecule has 0 amide bonds. The molecule has 0 unspecified atom stereocenters. The SMILES string of the molecule is COC(=O)c1nc(C)n(-c2cnccn2)c1N. The Labute approximate surface area is 97.3 Å². The molecule has 0 fully saturated rings. The van der Waals surface area contributed by atoms with Crippen LogP contribution in [-0.2, 0) is 4.74 Å². The second-order valence-corrected chi connectivity index (χ2v) is 3.28. The van der Waals surface area contributed by atoms with Gasteiger partial charge in [0, 0.05) is 12.4 Å². The van der Waals surface area contributed by atoms with E-state index in [1.165, 1.54) is 19.5 Å². The van der Waals surface area contributed by atoms with Crippen molar-refractivity contribution in [2.75, 3.05) is 12.8 Å². The third-order valence-electron chi connectivity index (χ3n) is 2.24. The lowest BCUT2D eigenvalue weighted by atomic mass is 10.4. The van der Waals surface area contributed by atoms with Gasteiger partial charge in [0.15, 0.2) is 11.5 Å². The predicted molar refractivity (Wildman–Crippen MR) is 59.6 cm³/mol. The summed E-state index contributed by atoms with van der Waals surface area (Å²) in [5, 5.41) is 0. The zero-order valence-electron chi connectivity index (χ0n) is 9.41. The van der Waals surface area contributed by atoms with Crippen molar-refractivity contribution in [1.82, 2.24) is 19.5 Å². The molecule has 0 aliphatic heterocycles. The Morgan fingerprint density at radius 1 is 1.47 bits per heavy atom. The summed E-state index contributed by atoms with van der Waals surface area (Å²) in [5.41, 5.74) is 5.92. The second-order valence-electron chi connectivity index (χ2n) is 3.28. The van der Waals surface area contributed by atoms with E-state index < -0.39 is 5.97 Å². The van der Waals surface area contributed by atoms with E-state index >= 15 is 0 Å². The molecule has 7 nitrogen and oxygen atoms in total. The molecule has 2 aromatic rings. The fourth-order valence-corrected chi connectivity index (χ4v) is 1.49. The number of nitrogens with two attached hydrogens (primary N) is 1. The highest BCUT2D eigenvalue weighted by molar-refractivity contribution is 5.92. The number of ether oxygens (including phenoxy) is 1. The molecule has 2 heterocycles. The third kappa shape index (κ3) is 1.82. The van der Waals surface area contributed by atoms with Crippen molar-refractivity contribution in [3.05, 3.63) is 30.1 Å². The molecule has 0 aromatic carbocycles. The minimum Gasteiger partial charge on any atom is -0.464 e. The van der Waals surface area contributed by atoms with Crippen LogP contribution in [0.1, 0.15) is 16.3 Å². The molecule has 2 rings (SSSR count). The maximum absolute atomic E-state index is 11.4. The quantitative estimate of drug-likeness (QED) is 0.751. The van der Waals surface area contributed by atoms with Crippen LogP contribution in [0.5, 0.6) is 0 Å². The lowest BCUT2D eigenvalue weighted by Crippen LogP contribution is -2.08.